The molecule has 6 rings (SSSR count). The summed E-state index contributed by atoms with van der Waals surface area (Å²) in [5, 5.41) is 13.5. The second kappa shape index (κ2) is 10.7. The first-order chi connectivity index (χ1) is 21.1. The van der Waals surface area contributed by atoms with E-state index in [-0.39, 0.29) is 23.2 Å². The molecule has 3 aliphatic carbocycles. The Labute approximate surface area is 259 Å². The molecule has 0 spiro atoms. The van der Waals surface area contributed by atoms with E-state index in [9.17, 15) is 23.2 Å². The number of halogens is 3. The van der Waals surface area contributed by atoms with Crippen LogP contribution < -0.4 is 9.64 Å². The molecule has 3 saturated carbocycles. The van der Waals surface area contributed by atoms with E-state index in [1.807, 2.05) is 0 Å². The van der Waals surface area contributed by atoms with E-state index in [1.54, 1.807) is 50.2 Å². The molecule has 2 aromatic heterocycles. The van der Waals surface area contributed by atoms with Crippen molar-refractivity contribution in [1.82, 2.24) is 15.1 Å². The third-order valence-electron chi connectivity index (χ3n) is 9.41. The molecule has 3 fully saturated rings. The van der Waals surface area contributed by atoms with Gasteiger partial charge in [0.05, 0.1) is 5.41 Å². The average Bonchev–Trinajstić information content (AvgIpc) is 3.43. The zero-order chi connectivity index (χ0) is 32.3. The van der Waals surface area contributed by atoms with Crippen LogP contribution in [0, 0.1) is 16.7 Å². The van der Waals surface area contributed by atoms with Gasteiger partial charge in [-0.3, -0.25) is 4.90 Å². The van der Waals surface area contributed by atoms with Gasteiger partial charge in [0.1, 0.15) is 17.6 Å². The summed E-state index contributed by atoms with van der Waals surface area (Å²) in [5.74, 6) is 2.43. The first-order valence-corrected chi connectivity index (χ1v) is 15.2. The van der Waals surface area contributed by atoms with E-state index < -0.39 is 23.5 Å². The van der Waals surface area contributed by atoms with Crippen LogP contribution in [0.1, 0.15) is 90.3 Å². The number of fused-ring (bicyclic) bond motifs is 2. The number of hydrogen-bond donors (Lipinski definition) is 0. The molecule has 1 aromatic carbocycles. The van der Waals surface area contributed by atoms with Crippen LogP contribution in [0.4, 0.5) is 23.8 Å². The van der Waals surface area contributed by atoms with Crippen LogP contribution in [0.2, 0.25) is 0 Å². The largest absolute Gasteiger partial charge is 0.473 e. The molecule has 9 nitrogen and oxygen atoms in total. The minimum absolute atomic E-state index is 0.137. The number of carbonyl (C=O) groups is 1. The maximum atomic E-state index is 13.8. The van der Waals surface area contributed by atoms with E-state index in [1.165, 1.54) is 11.1 Å². The predicted molar refractivity (Wildman–Crippen MR) is 157 cm³/mol. The SMILES string of the molecule is CC(C)(C#N)Oc1ccc(-c2ccnc(N(CC34CCC(c5nc(C6CC6)no5)(CC3)C4)C(=O)OC(C)(C)C(F)(F)F)c2)cc1. The van der Waals surface area contributed by atoms with Crippen molar-refractivity contribution < 1.29 is 32.0 Å². The lowest BCUT2D eigenvalue weighted by molar-refractivity contribution is -0.243. The van der Waals surface area contributed by atoms with Crippen LogP contribution in [0.25, 0.3) is 11.1 Å². The number of benzene rings is 1. The minimum Gasteiger partial charge on any atom is -0.473 e. The van der Waals surface area contributed by atoms with Gasteiger partial charge in [-0.15, -0.1) is 0 Å². The summed E-state index contributed by atoms with van der Waals surface area (Å²) in [7, 11) is 0. The fourth-order valence-electron chi connectivity index (χ4n) is 6.48. The van der Waals surface area contributed by atoms with Crippen molar-refractivity contribution in [3.63, 3.8) is 0 Å². The first kappa shape index (κ1) is 30.9. The van der Waals surface area contributed by atoms with Gasteiger partial charge in [-0.1, -0.05) is 17.3 Å². The molecule has 0 saturated heterocycles. The number of pyridine rings is 1. The standard InChI is InChI=1S/C33H36F3N5O4/c1-29(2,19-37)43-24-9-7-21(8-10-24)23-11-16-38-25(17-23)41(28(42)44-30(3,4)33(34,35)36)20-31-12-14-32(18-31,15-13-31)27-39-26(40-45-27)22-5-6-22/h7-11,16-17,22H,5-6,12-15,18,20H2,1-4H3. The lowest BCUT2D eigenvalue weighted by Gasteiger charge is -2.35. The molecular weight excluding hydrogens is 587 g/mol. The summed E-state index contributed by atoms with van der Waals surface area (Å²) in [6.45, 7) is 5.14. The second-order valence-corrected chi connectivity index (χ2v) is 13.8. The van der Waals surface area contributed by atoms with Crippen molar-refractivity contribution >= 4 is 11.9 Å². The van der Waals surface area contributed by atoms with E-state index in [2.05, 4.69) is 16.2 Å². The fraction of sp³-hybridized carbons (Fsp3) is 0.545. The third-order valence-corrected chi connectivity index (χ3v) is 9.41. The van der Waals surface area contributed by atoms with Crippen molar-refractivity contribution in [2.45, 2.75) is 101 Å². The minimum atomic E-state index is -4.76. The maximum absolute atomic E-state index is 13.8. The van der Waals surface area contributed by atoms with Crippen molar-refractivity contribution in [2.24, 2.45) is 5.41 Å². The van der Waals surface area contributed by atoms with Gasteiger partial charge in [0.2, 0.25) is 11.5 Å². The first-order valence-electron chi connectivity index (χ1n) is 15.2. The Morgan fingerprint density at radius 1 is 1.07 bits per heavy atom. The van der Waals surface area contributed by atoms with Gasteiger partial charge in [0.25, 0.3) is 0 Å². The molecule has 2 heterocycles. The van der Waals surface area contributed by atoms with Crippen LogP contribution in [0.3, 0.4) is 0 Å². The van der Waals surface area contributed by atoms with Crippen LogP contribution in [0.15, 0.2) is 47.1 Å². The lowest BCUT2D eigenvalue weighted by atomic mass is 9.81. The third kappa shape index (κ3) is 6.09. The summed E-state index contributed by atoms with van der Waals surface area (Å²) in [4.78, 5) is 24.0. The molecule has 0 atom stereocenters. The summed E-state index contributed by atoms with van der Waals surface area (Å²) in [6.07, 6.45) is 1.53. The molecular formula is C33H36F3N5O4. The van der Waals surface area contributed by atoms with Crippen molar-refractivity contribution in [2.75, 3.05) is 11.4 Å². The number of carbonyl (C=O) groups excluding carboxylic acids is 1. The second-order valence-electron chi connectivity index (χ2n) is 13.8. The predicted octanol–water partition coefficient (Wildman–Crippen LogP) is 7.88. The van der Waals surface area contributed by atoms with Crippen molar-refractivity contribution in [1.29, 1.82) is 5.26 Å². The van der Waals surface area contributed by atoms with Gasteiger partial charge in [-0.25, -0.2) is 9.78 Å². The Morgan fingerprint density at radius 3 is 2.38 bits per heavy atom. The number of amides is 1. The summed E-state index contributed by atoms with van der Waals surface area (Å²) in [6, 6.07) is 12.6. The van der Waals surface area contributed by atoms with Gasteiger partial charge in [0, 0.05) is 18.7 Å². The Hall–Kier alpha value is -4.14. The van der Waals surface area contributed by atoms with E-state index >= 15 is 0 Å². The highest BCUT2D eigenvalue weighted by molar-refractivity contribution is 5.88. The maximum Gasteiger partial charge on any atom is 0.427 e. The van der Waals surface area contributed by atoms with Gasteiger partial charge < -0.3 is 14.0 Å². The molecule has 0 radical (unpaired) electrons. The number of alkyl halides is 3. The zero-order valence-corrected chi connectivity index (χ0v) is 25.8. The molecule has 12 heteroatoms. The molecule has 3 aliphatic rings. The molecule has 0 N–H and O–H groups in total. The molecule has 2 bridgehead atoms. The Bertz CT molecular complexity index is 1610. The number of nitriles is 1. The zero-order valence-electron chi connectivity index (χ0n) is 25.8. The molecule has 0 unspecified atom stereocenters. The van der Waals surface area contributed by atoms with Gasteiger partial charge in [-0.05, 0) is 113 Å². The van der Waals surface area contributed by atoms with E-state index in [4.69, 9.17) is 19.0 Å². The van der Waals surface area contributed by atoms with Crippen LogP contribution >= 0.6 is 0 Å². The summed E-state index contributed by atoms with van der Waals surface area (Å²) in [5.41, 5.74) is -2.92. The highest BCUT2D eigenvalue weighted by Crippen LogP contribution is 2.62. The number of aromatic nitrogens is 3. The normalized spacial score (nSPS) is 23.1. The van der Waals surface area contributed by atoms with Crippen molar-refractivity contribution in [3.8, 4) is 22.9 Å². The topological polar surface area (TPSA) is 114 Å². The van der Waals surface area contributed by atoms with Crippen LogP contribution in [-0.4, -0.2) is 45.1 Å². The van der Waals surface area contributed by atoms with E-state index in [0.717, 1.165) is 63.8 Å². The number of rotatable bonds is 9. The van der Waals surface area contributed by atoms with Crippen LogP contribution in [-0.2, 0) is 10.2 Å². The summed E-state index contributed by atoms with van der Waals surface area (Å²) >= 11 is 0. The quantitative estimate of drug-likeness (QED) is 0.237. The molecule has 0 aliphatic heterocycles. The summed E-state index contributed by atoms with van der Waals surface area (Å²) < 4.78 is 58.0. The number of hydrogen-bond acceptors (Lipinski definition) is 8. The number of anilines is 1. The lowest BCUT2D eigenvalue weighted by Crippen LogP contribution is -2.49. The van der Waals surface area contributed by atoms with Gasteiger partial charge in [0.15, 0.2) is 11.4 Å². The molecule has 1 amide bonds. The molecule has 45 heavy (non-hydrogen) atoms. The fourth-order valence-corrected chi connectivity index (χ4v) is 6.48. The smallest absolute Gasteiger partial charge is 0.427 e. The Kier molecular flexibility index (Phi) is 7.37. The highest BCUT2D eigenvalue weighted by atomic mass is 19.4. The molecule has 238 valence electrons. The molecule has 3 aromatic rings. The highest BCUT2D eigenvalue weighted by Gasteiger charge is 2.59. The Morgan fingerprint density at radius 2 is 1.76 bits per heavy atom. The van der Waals surface area contributed by atoms with E-state index in [0.29, 0.717) is 29.5 Å². The Balaban J connectivity index is 1.28. The van der Waals surface area contributed by atoms with Crippen LogP contribution in [0.5, 0.6) is 5.75 Å². The monoisotopic (exact) mass is 623 g/mol. The van der Waals surface area contributed by atoms with Gasteiger partial charge in [-0.2, -0.15) is 23.4 Å². The average molecular weight is 624 g/mol. The number of ether oxygens (including phenoxy) is 2. The van der Waals surface area contributed by atoms with Gasteiger partial charge >= 0.3 is 12.3 Å². The van der Waals surface area contributed by atoms with Crippen molar-refractivity contribution in [3.05, 3.63) is 54.3 Å². The number of nitrogens with zero attached hydrogens (tertiary/aromatic N) is 5.